The molecule has 1 fully saturated rings. The molecule has 110 valence electrons. The van der Waals surface area contributed by atoms with Gasteiger partial charge < -0.3 is 5.32 Å². The Morgan fingerprint density at radius 2 is 2.10 bits per heavy atom. The Morgan fingerprint density at radius 3 is 2.65 bits per heavy atom. The van der Waals surface area contributed by atoms with Gasteiger partial charge in [0, 0.05) is 25.3 Å². The standard InChI is InChI=1S/C13H19N3O3S/c1-2-20(18,19)16-9-6-11(7-10-16)15-13(17)12-5-3-4-8-14-12/h3-5,8,11H,2,6-7,9-10H2,1H3,(H,15,17). The highest BCUT2D eigenvalue weighted by Crippen LogP contribution is 2.14. The Labute approximate surface area is 119 Å². The van der Waals surface area contributed by atoms with Crippen molar-refractivity contribution in [2.45, 2.75) is 25.8 Å². The first-order chi connectivity index (χ1) is 9.53. The van der Waals surface area contributed by atoms with E-state index in [1.54, 1.807) is 31.3 Å². The van der Waals surface area contributed by atoms with E-state index >= 15 is 0 Å². The summed E-state index contributed by atoms with van der Waals surface area (Å²) in [5.74, 6) is -0.0831. The van der Waals surface area contributed by atoms with E-state index in [2.05, 4.69) is 10.3 Å². The summed E-state index contributed by atoms with van der Waals surface area (Å²) in [5, 5.41) is 2.90. The minimum atomic E-state index is -3.12. The molecule has 1 amide bonds. The lowest BCUT2D eigenvalue weighted by molar-refractivity contribution is 0.0919. The number of carbonyl (C=O) groups is 1. The summed E-state index contributed by atoms with van der Waals surface area (Å²) in [6.45, 7) is 2.57. The van der Waals surface area contributed by atoms with Crippen LogP contribution in [0.4, 0.5) is 0 Å². The van der Waals surface area contributed by atoms with E-state index in [9.17, 15) is 13.2 Å². The van der Waals surface area contributed by atoms with Crippen LogP contribution in [0.3, 0.4) is 0 Å². The van der Waals surface area contributed by atoms with Gasteiger partial charge in [-0.15, -0.1) is 0 Å². The van der Waals surface area contributed by atoms with E-state index in [4.69, 9.17) is 0 Å². The van der Waals surface area contributed by atoms with Gasteiger partial charge in [0.1, 0.15) is 5.69 Å². The highest BCUT2D eigenvalue weighted by Gasteiger charge is 2.27. The third kappa shape index (κ3) is 3.55. The summed E-state index contributed by atoms with van der Waals surface area (Å²) in [5.41, 5.74) is 0.385. The second-order valence-corrected chi connectivity index (χ2v) is 7.02. The number of pyridine rings is 1. The lowest BCUT2D eigenvalue weighted by atomic mass is 10.1. The number of sulfonamides is 1. The van der Waals surface area contributed by atoms with Crippen molar-refractivity contribution in [1.29, 1.82) is 0 Å². The number of carbonyl (C=O) groups excluding carboxylic acids is 1. The fourth-order valence-corrected chi connectivity index (χ4v) is 3.35. The molecule has 0 aromatic carbocycles. The number of nitrogens with one attached hydrogen (secondary N) is 1. The molecule has 2 heterocycles. The Bertz CT molecular complexity index is 551. The maximum Gasteiger partial charge on any atom is 0.270 e. The number of hydrogen-bond donors (Lipinski definition) is 1. The van der Waals surface area contributed by atoms with Gasteiger partial charge in [-0.05, 0) is 31.9 Å². The van der Waals surface area contributed by atoms with Gasteiger partial charge in [-0.25, -0.2) is 12.7 Å². The average Bonchev–Trinajstić information content (AvgIpc) is 2.48. The summed E-state index contributed by atoms with van der Waals surface area (Å²) in [7, 11) is -3.12. The van der Waals surface area contributed by atoms with Crippen LogP contribution < -0.4 is 5.32 Å². The second-order valence-electron chi connectivity index (χ2n) is 4.76. The summed E-state index contributed by atoms with van der Waals surface area (Å²) >= 11 is 0. The lowest BCUT2D eigenvalue weighted by Gasteiger charge is -2.31. The zero-order valence-electron chi connectivity index (χ0n) is 11.4. The van der Waals surface area contributed by atoms with Crippen LogP contribution in [-0.2, 0) is 10.0 Å². The maximum absolute atomic E-state index is 11.9. The Balaban J connectivity index is 1.88. The van der Waals surface area contributed by atoms with Crippen LogP contribution in [-0.4, -0.2) is 48.5 Å². The molecule has 20 heavy (non-hydrogen) atoms. The van der Waals surface area contributed by atoms with Crippen molar-refractivity contribution < 1.29 is 13.2 Å². The van der Waals surface area contributed by atoms with Crippen LogP contribution in [0.25, 0.3) is 0 Å². The minimum absolute atomic E-state index is 0.00723. The second kappa shape index (κ2) is 6.32. The van der Waals surface area contributed by atoms with E-state index in [0.29, 0.717) is 31.6 Å². The van der Waals surface area contributed by atoms with Gasteiger partial charge >= 0.3 is 0 Å². The molecule has 0 unspecified atom stereocenters. The van der Waals surface area contributed by atoms with Crippen molar-refractivity contribution in [3.05, 3.63) is 30.1 Å². The normalized spacial score (nSPS) is 17.9. The highest BCUT2D eigenvalue weighted by molar-refractivity contribution is 7.89. The molecule has 2 rings (SSSR count). The van der Waals surface area contributed by atoms with Crippen molar-refractivity contribution in [2.24, 2.45) is 0 Å². The van der Waals surface area contributed by atoms with Crippen molar-refractivity contribution in [1.82, 2.24) is 14.6 Å². The van der Waals surface area contributed by atoms with Gasteiger partial charge in [0.15, 0.2) is 0 Å². The first-order valence-corrected chi connectivity index (χ1v) is 8.33. The Kier molecular flexibility index (Phi) is 4.72. The van der Waals surface area contributed by atoms with Crippen LogP contribution in [0.15, 0.2) is 24.4 Å². The molecule has 1 aromatic rings. The van der Waals surface area contributed by atoms with Crippen LogP contribution in [0.5, 0.6) is 0 Å². The highest BCUT2D eigenvalue weighted by atomic mass is 32.2. The topological polar surface area (TPSA) is 79.4 Å². The van der Waals surface area contributed by atoms with E-state index in [0.717, 1.165) is 0 Å². The van der Waals surface area contributed by atoms with E-state index < -0.39 is 10.0 Å². The fourth-order valence-electron chi connectivity index (χ4n) is 2.22. The molecule has 1 saturated heterocycles. The van der Waals surface area contributed by atoms with E-state index in [-0.39, 0.29) is 17.7 Å². The molecule has 0 atom stereocenters. The molecular formula is C13H19N3O3S. The van der Waals surface area contributed by atoms with Crippen molar-refractivity contribution in [2.75, 3.05) is 18.8 Å². The molecule has 0 radical (unpaired) electrons. The van der Waals surface area contributed by atoms with Crippen LogP contribution in [0, 0.1) is 0 Å². The van der Waals surface area contributed by atoms with Crippen molar-refractivity contribution in [3.8, 4) is 0 Å². The molecule has 1 aliphatic heterocycles. The minimum Gasteiger partial charge on any atom is -0.348 e. The molecule has 1 aliphatic rings. The predicted octanol–water partition coefficient (Wildman–Crippen LogP) is 0.625. The third-order valence-corrected chi connectivity index (χ3v) is 5.33. The van der Waals surface area contributed by atoms with Gasteiger partial charge in [0.25, 0.3) is 5.91 Å². The van der Waals surface area contributed by atoms with Crippen molar-refractivity contribution >= 4 is 15.9 Å². The van der Waals surface area contributed by atoms with Gasteiger partial charge in [-0.1, -0.05) is 6.07 Å². The zero-order chi connectivity index (χ0) is 14.6. The lowest BCUT2D eigenvalue weighted by Crippen LogP contribution is -2.47. The average molecular weight is 297 g/mol. The first kappa shape index (κ1) is 14.9. The summed E-state index contributed by atoms with van der Waals surface area (Å²) < 4.78 is 25.0. The SMILES string of the molecule is CCS(=O)(=O)N1CCC(NC(=O)c2ccccn2)CC1. The third-order valence-electron chi connectivity index (χ3n) is 3.44. The van der Waals surface area contributed by atoms with Crippen molar-refractivity contribution in [3.63, 3.8) is 0 Å². The molecule has 0 aliphatic carbocycles. The van der Waals surface area contributed by atoms with Gasteiger partial charge in [0.05, 0.1) is 5.75 Å². The molecule has 0 saturated carbocycles. The number of piperidine rings is 1. The smallest absolute Gasteiger partial charge is 0.270 e. The summed E-state index contributed by atoms with van der Waals surface area (Å²) in [6.07, 6.45) is 2.85. The fraction of sp³-hybridized carbons (Fsp3) is 0.538. The number of hydrogen-bond acceptors (Lipinski definition) is 4. The molecular weight excluding hydrogens is 278 g/mol. The molecule has 0 bridgehead atoms. The van der Waals surface area contributed by atoms with E-state index in [1.807, 2.05) is 0 Å². The van der Waals surface area contributed by atoms with Crippen LogP contribution in [0.1, 0.15) is 30.3 Å². The zero-order valence-corrected chi connectivity index (χ0v) is 12.3. The summed E-state index contributed by atoms with van der Waals surface area (Å²) in [4.78, 5) is 15.9. The van der Waals surface area contributed by atoms with Crippen LogP contribution >= 0.6 is 0 Å². The molecule has 0 spiro atoms. The number of aromatic nitrogens is 1. The van der Waals surface area contributed by atoms with Gasteiger partial charge in [-0.2, -0.15) is 0 Å². The maximum atomic E-state index is 11.9. The molecule has 6 nitrogen and oxygen atoms in total. The Hall–Kier alpha value is -1.47. The Morgan fingerprint density at radius 1 is 1.40 bits per heavy atom. The predicted molar refractivity (Wildman–Crippen MR) is 75.8 cm³/mol. The molecule has 1 N–H and O–H groups in total. The number of nitrogens with zero attached hydrogens (tertiary/aromatic N) is 2. The van der Waals surface area contributed by atoms with Gasteiger partial charge in [-0.3, -0.25) is 9.78 Å². The van der Waals surface area contributed by atoms with Gasteiger partial charge in [0.2, 0.25) is 10.0 Å². The monoisotopic (exact) mass is 297 g/mol. The number of amides is 1. The first-order valence-electron chi connectivity index (χ1n) is 6.72. The quantitative estimate of drug-likeness (QED) is 0.884. The molecule has 1 aromatic heterocycles. The van der Waals surface area contributed by atoms with Crippen LogP contribution in [0.2, 0.25) is 0 Å². The molecule has 7 heteroatoms. The number of rotatable bonds is 4. The van der Waals surface area contributed by atoms with E-state index in [1.165, 1.54) is 4.31 Å². The largest absolute Gasteiger partial charge is 0.348 e. The summed E-state index contributed by atoms with van der Waals surface area (Å²) in [6, 6.07) is 5.18.